The number of nitrogens with two attached hydrogens (primary N) is 1. The van der Waals surface area contributed by atoms with Crippen molar-refractivity contribution in [3.05, 3.63) is 26.0 Å². The second-order valence-electron chi connectivity index (χ2n) is 2.38. The second kappa shape index (κ2) is 2.84. The first kappa shape index (κ1) is 7.94. The topological polar surface area (TPSA) is 80.4 Å². The molecule has 0 aromatic heterocycles. The highest BCUT2D eigenvalue weighted by Crippen LogP contribution is 2.09. The Kier molecular flexibility index (Phi) is 2.05. The van der Waals surface area contributed by atoms with Crippen LogP contribution in [0, 0.1) is 0 Å². The Hall–Kier alpha value is -1.16. The zero-order valence-electron chi connectivity index (χ0n) is 5.96. The molecule has 0 saturated carbocycles. The van der Waals surface area contributed by atoms with Gasteiger partial charge in [-0.1, -0.05) is 0 Å². The highest BCUT2D eigenvalue weighted by Gasteiger charge is 2.18. The van der Waals surface area contributed by atoms with Crippen molar-refractivity contribution in [1.29, 1.82) is 0 Å². The van der Waals surface area contributed by atoms with E-state index in [4.69, 9.17) is 10.8 Å². The molecule has 0 unspecified atom stereocenters. The predicted octanol–water partition coefficient (Wildman–Crippen LogP) is -1.12. The van der Waals surface area contributed by atoms with Crippen LogP contribution in [0.15, 0.2) is 9.59 Å². The van der Waals surface area contributed by atoms with E-state index in [1.807, 2.05) is 0 Å². The van der Waals surface area contributed by atoms with Gasteiger partial charge in [-0.05, 0) is 19.4 Å². The van der Waals surface area contributed by atoms with Crippen LogP contribution >= 0.6 is 0 Å². The summed E-state index contributed by atoms with van der Waals surface area (Å²) in [6.45, 7) is 0.457. The lowest BCUT2D eigenvalue weighted by Crippen LogP contribution is -2.34. The maximum absolute atomic E-state index is 10.7. The summed E-state index contributed by atoms with van der Waals surface area (Å²) in [7, 11) is 0. The van der Waals surface area contributed by atoms with E-state index in [9.17, 15) is 9.59 Å². The minimum Gasteiger partial charge on any atom is -0.504 e. The predicted molar refractivity (Wildman–Crippen MR) is 40.4 cm³/mol. The van der Waals surface area contributed by atoms with Gasteiger partial charge in [-0.15, -0.1) is 0 Å². The molecule has 0 amide bonds. The van der Waals surface area contributed by atoms with Crippen molar-refractivity contribution in [1.82, 2.24) is 0 Å². The van der Waals surface area contributed by atoms with Crippen LogP contribution in [0.1, 0.15) is 12.0 Å². The maximum Gasteiger partial charge on any atom is 0.267 e. The van der Waals surface area contributed by atoms with E-state index in [1.165, 1.54) is 0 Å². The van der Waals surface area contributed by atoms with Crippen LogP contribution in [0.4, 0.5) is 0 Å². The van der Waals surface area contributed by atoms with Crippen LogP contribution in [-0.2, 0) is 6.42 Å². The third-order valence-electron chi connectivity index (χ3n) is 1.61. The normalized spacial score (nSPS) is 10.6. The monoisotopic (exact) mass is 155 g/mol. The number of aromatic hydroxyl groups is 1. The minimum atomic E-state index is -0.767. The van der Waals surface area contributed by atoms with Gasteiger partial charge in [0.2, 0.25) is 5.43 Å². The largest absolute Gasteiger partial charge is 0.504 e. The van der Waals surface area contributed by atoms with Gasteiger partial charge in [0.05, 0.1) is 0 Å². The van der Waals surface area contributed by atoms with Crippen LogP contribution in [0.2, 0.25) is 0 Å². The molecule has 0 aliphatic carbocycles. The van der Waals surface area contributed by atoms with Crippen molar-refractivity contribution in [2.24, 2.45) is 5.73 Å². The fraction of sp³-hybridized carbons (Fsp3) is 0.429. The Morgan fingerprint density at radius 3 is 2.36 bits per heavy atom. The van der Waals surface area contributed by atoms with Crippen LogP contribution in [-0.4, -0.2) is 11.7 Å². The molecule has 0 aliphatic heterocycles. The van der Waals surface area contributed by atoms with Gasteiger partial charge in [0.25, 0.3) is 5.43 Å². The number of hydrogen-bond acceptors (Lipinski definition) is 4. The zero-order valence-corrected chi connectivity index (χ0v) is 5.96. The molecule has 0 saturated heterocycles. The molecule has 0 atom stereocenters. The molecule has 0 radical (unpaired) electrons. The first-order valence-corrected chi connectivity index (χ1v) is 3.39. The molecule has 3 N–H and O–H groups in total. The summed E-state index contributed by atoms with van der Waals surface area (Å²) in [5.41, 5.74) is 4.09. The number of hydrogen-bond donors (Lipinski definition) is 2. The Morgan fingerprint density at radius 1 is 1.27 bits per heavy atom. The Labute approximate surface area is 63.0 Å². The van der Waals surface area contributed by atoms with Crippen molar-refractivity contribution in [2.45, 2.75) is 12.8 Å². The number of rotatable bonds is 3. The van der Waals surface area contributed by atoms with Crippen LogP contribution in [0.3, 0.4) is 0 Å². The van der Waals surface area contributed by atoms with Crippen molar-refractivity contribution in [3.8, 4) is 5.75 Å². The highest BCUT2D eigenvalue weighted by molar-refractivity contribution is 5.37. The molecule has 60 valence electrons. The molecule has 1 aromatic carbocycles. The third-order valence-corrected chi connectivity index (χ3v) is 1.61. The second-order valence-corrected chi connectivity index (χ2v) is 2.38. The average Bonchev–Trinajstić information content (AvgIpc) is 2.04. The van der Waals surface area contributed by atoms with Gasteiger partial charge in [-0.2, -0.15) is 0 Å². The van der Waals surface area contributed by atoms with Crippen LogP contribution in [0.5, 0.6) is 5.75 Å². The highest BCUT2D eigenvalue weighted by atomic mass is 16.3. The summed E-state index contributed by atoms with van der Waals surface area (Å²) in [4.78, 5) is 21.1. The third kappa shape index (κ3) is 1.17. The van der Waals surface area contributed by atoms with Gasteiger partial charge >= 0.3 is 0 Å². The zero-order chi connectivity index (χ0) is 8.43. The first-order valence-electron chi connectivity index (χ1n) is 3.39. The summed E-state index contributed by atoms with van der Waals surface area (Å²) in [5, 5.41) is 8.84. The molecule has 1 rings (SSSR count). The van der Waals surface area contributed by atoms with Gasteiger partial charge in [0.15, 0.2) is 5.75 Å². The Morgan fingerprint density at radius 2 is 1.91 bits per heavy atom. The van der Waals surface area contributed by atoms with Crippen molar-refractivity contribution in [2.75, 3.05) is 6.54 Å². The van der Waals surface area contributed by atoms with Crippen LogP contribution < -0.4 is 16.6 Å². The molecule has 0 bridgehead atoms. The van der Waals surface area contributed by atoms with E-state index in [2.05, 4.69) is 0 Å². The fourth-order valence-electron chi connectivity index (χ4n) is 0.937. The molecule has 11 heavy (non-hydrogen) atoms. The maximum atomic E-state index is 10.7. The van der Waals surface area contributed by atoms with Crippen molar-refractivity contribution >= 4 is 0 Å². The van der Waals surface area contributed by atoms with Gasteiger partial charge < -0.3 is 10.8 Å². The van der Waals surface area contributed by atoms with E-state index in [-0.39, 0.29) is 11.3 Å². The van der Waals surface area contributed by atoms with Gasteiger partial charge in [-0.3, -0.25) is 9.59 Å². The van der Waals surface area contributed by atoms with Crippen molar-refractivity contribution < 1.29 is 5.11 Å². The smallest absolute Gasteiger partial charge is 0.267 e. The van der Waals surface area contributed by atoms with Gasteiger partial charge in [0, 0.05) is 5.56 Å². The van der Waals surface area contributed by atoms with Crippen LogP contribution in [0.25, 0.3) is 0 Å². The summed E-state index contributed by atoms with van der Waals surface area (Å²) in [6, 6.07) is 0. The van der Waals surface area contributed by atoms with E-state index < -0.39 is 10.9 Å². The molecule has 4 heteroatoms. The lowest BCUT2D eigenvalue weighted by Gasteiger charge is -2.02. The average molecular weight is 155 g/mol. The minimum absolute atomic E-state index is 0.237. The van der Waals surface area contributed by atoms with Gasteiger partial charge in [-0.25, -0.2) is 0 Å². The molecule has 1 aromatic rings. The molecule has 0 heterocycles. The van der Waals surface area contributed by atoms with E-state index in [0.717, 1.165) is 0 Å². The lowest BCUT2D eigenvalue weighted by molar-refractivity contribution is 0.452. The Balaban J connectivity index is 2.75. The molecule has 0 spiro atoms. The fourth-order valence-corrected chi connectivity index (χ4v) is 0.937. The molecule has 0 aliphatic rings. The lowest BCUT2D eigenvalue weighted by atomic mass is 10.0. The molecule has 0 fully saturated rings. The quantitative estimate of drug-likeness (QED) is 0.542. The summed E-state index contributed by atoms with van der Waals surface area (Å²) in [6.07, 6.45) is 1.03. The van der Waals surface area contributed by atoms with E-state index >= 15 is 0 Å². The molecular formula is C7H9NO3. The molecule has 4 nitrogen and oxygen atoms in total. The first-order chi connectivity index (χ1) is 5.18. The standard InChI is InChI=1S/C7H9NO3/c8-3-1-2-4-5(9)7(11)6(4)10/h9H,1-3,8H2. The Bertz CT molecular complexity index is 322. The van der Waals surface area contributed by atoms with E-state index in [1.54, 1.807) is 0 Å². The van der Waals surface area contributed by atoms with Crippen molar-refractivity contribution in [3.63, 3.8) is 0 Å². The summed E-state index contributed by atoms with van der Waals surface area (Å²) >= 11 is 0. The molecular weight excluding hydrogens is 146 g/mol. The SMILES string of the molecule is NCCCc1c(O)c(=O)c1=O. The van der Waals surface area contributed by atoms with E-state index in [0.29, 0.717) is 19.4 Å². The summed E-state index contributed by atoms with van der Waals surface area (Å²) in [5.74, 6) is -0.372. The summed E-state index contributed by atoms with van der Waals surface area (Å²) < 4.78 is 0. The van der Waals surface area contributed by atoms with Gasteiger partial charge in [0.1, 0.15) is 0 Å².